The number of nitrogens with zero attached hydrogens (tertiary/aromatic N) is 3. The number of aliphatic imine (C=N–C) groups is 1. The minimum atomic E-state index is -0.405. The SMILES string of the molecule is C=CC(=O)Nc1cc(-n2c(=O)ccc3cnc4ccc(N=CC=CN)cc4c32)ccc1Cl. The molecule has 2 aromatic carbocycles. The maximum atomic E-state index is 13.0. The van der Waals surface area contributed by atoms with Crippen LogP contribution in [0, 0.1) is 0 Å². The summed E-state index contributed by atoms with van der Waals surface area (Å²) in [5.41, 5.74) is 8.08. The van der Waals surface area contributed by atoms with Crippen LogP contribution in [0.2, 0.25) is 5.02 Å². The van der Waals surface area contributed by atoms with Gasteiger partial charge in [0.2, 0.25) is 5.91 Å². The van der Waals surface area contributed by atoms with Gasteiger partial charge in [-0.05, 0) is 60.8 Å². The molecule has 4 aromatic rings. The molecule has 8 heteroatoms. The average molecular weight is 444 g/mol. The number of nitrogens with one attached hydrogen (secondary N) is 1. The Morgan fingerprint density at radius 3 is 2.81 bits per heavy atom. The van der Waals surface area contributed by atoms with Crippen LogP contribution >= 0.6 is 11.6 Å². The van der Waals surface area contributed by atoms with Gasteiger partial charge in [-0.1, -0.05) is 18.2 Å². The summed E-state index contributed by atoms with van der Waals surface area (Å²) in [6.45, 7) is 3.45. The first kappa shape index (κ1) is 21.0. The van der Waals surface area contributed by atoms with Crippen molar-refractivity contribution in [3.05, 3.63) is 95.0 Å². The molecule has 0 atom stereocenters. The third kappa shape index (κ3) is 4.01. The summed E-state index contributed by atoms with van der Waals surface area (Å²) in [5, 5.41) is 4.52. The molecule has 0 aliphatic heterocycles. The van der Waals surface area contributed by atoms with Crippen molar-refractivity contribution >= 4 is 56.9 Å². The Labute approximate surface area is 188 Å². The molecule has 0 fully saturated rings. The third-order valence-corrected chi connectivity index (χ3v) is 5.10. The molecule has 158 valence electrons. The molecule has 2 heterocycles. The number of rotatable bonds is 5. The van der Waals surface area contributed by atoms with Gasteiger partial charge in [0, 0.05) is 29.3 Å². The van der Waals surface area contributed by atoms with E-state index in [-0.39, 0.29) is 5.56 Å². The zero-order valence-corrected chi connectivity index (χ0v) is 17.6. The molecular formula is C24H18ClN5O2. The number of carbonyl (C=O) groups excluding carboxylic acids is 1. The Hall–Kier alpha value is -4.23. The Morgan fingerprint density at radius 2 is 2.03 bits per heavy atom. The molecule has 1 amide bonds. The van der Waals surface area contributed by atoms with E-state index in [1.54, 1.807) is 47.3 Å². The van der Waals surface area contributed by atoms with Crippen molar-refractivity contribution in [2.75, 3.05) is 5.32 Å². The summed E-state index contributed by atoms with van der Waals surface area (Å²) in [5.74, 6) is -0.405. The lowest BCUT2D eigenvalue weighted by Gasteiger charge is -2.14. The molecule has 4 rings (SSSR count). The maximum Gasteiger partial charge on any atom is 0.255 e. The van der Waals surface area contributed by atoms with Gasteiger partial charge in [0.05, 0.1) is 33.1 Å². The number of nitrogens with two attached hydrogens (primary N) is 1. The summed E-state index contributed by atoms with van der Waals surface area (Å²) in [7, 11) is 0. The van der Waals surface area contributed by atoms with E-state index >= 15 is 0 Å². The van der Waals surface area contributed by atoms with Gasteiger partial charge in [-0.15, -0.1) is 0 Å². The fourth-order valence-corrected chi connectivity index (χ4v) is 3.51. The predicted octanol–water partition coefficient (Wildman–Crippen LogP) is 4.49. The number of pyridine rings is 2. The Bertz CT molecular complexity index is 1490. The first-order valence-electron chi connectivity index (χ1n) is 9.60. The smallest absolute Gasteiger partial charge is 0.255 e. The monoisotopic (exact) mass is 443 g/mol. The van der Waals surface area contributed by atoms with Crippen LogP contribution in [0.1, 0.15) is 0 Å². The number of halogens is 1. The van der Waals surface area contributed by atoms with Gasteiger partial charge in [0.1, 0.15) is 0 Å². The number of amides is 1. The van der Waals surface area contributed by atoms with Crippen molar-refractivity contribution in [3.8, 4) is 5.69 Å². The summed E-state index contributed by atoms with van der Waals surface area (Å²) in [6.07, 6.45) is 7.45. The standard InChI is InChI=1S/C24H18ClN5O2/c1-2-22(31)29-21-13-17(6-7-19(21)25)30-23(32)9-4-15-14-28-20-8-5-16(27-11-3-10-26)12-18(20)24(15)30/h2-14H,1,26H2,(H,29,31). The lowest BCUT2D eigenvalue weighted by molar-refractivity contribution is -0.111. The zero-order valence-electron chi connectivity index (χ0n) is 16.8. The summed E-state index contributed by atoms with van der Waals surface area (Å²) >= 11 is 6.24. The van der Waals surface area contributed by atoms with E-state index in [0.717, 1.165) is 16.8 Å². The average Bonchev–Trinajstić information content (AvgIpc) is 2.80. The highest BCUT2D eigenvalue weighted by Crippen LogP contribution is 2.30. The van der Waals surface area contributed by atoms with Gasteiger partial charge in [-0.3, -0.25) is 24.1 Å². The number of aromatic nitrogens is 2. The van der Waals surface area contributed by atoms with E-state index in [0.29, 0.717) is 33.1 Å². The van der Waals surface area contributed by atoms with Crippen LogP contribution in [0.15, 0.2) is 89.4 Å². The quantitative estimate of drug-likeness (QED) is 0.269. The van der Waals surface area contributed by atoms with Crippen LogP contribution < -0.4 is 16.6 Å². The number of hydrogen-bond acceptors (Lipinski definition) is 5. The van der Waals surface area contributed by atoms with Crippen molar-refractivity contribution in [1.82, 2.24) is 9.55 Å². The van der Waals surface area contributed by atoms with Gasteiger partial charge in [0.15, 0.2) is 0 Å². The van der Waals surface area contributed by atoms with E-state index in [9.17, 15) is 9.59 Å². The molecule has 7 nitrogen and oxygen atoms in total. The molecule has 0 saturated heterocycles. The van der Waals surface area contributed by atoms with Crippen LogP contribution in [-0.4, -0.2) is 21.7 Å². The largest absolute Gasteiger partial charge is 0.405 e. The Morgan fingerprint density at radius 1 is 1.19 bits per heavy atom. The molecule has 0 aliphatic carbocycles. The van der Waals surface area contributed by atoms with Crippen molar-refractivity contribution < 1.29 is 4.79 Å². The van der Waals surface area contributed by atoms with E-state index < -0.39 is 5.91 Å². The molecule has 0 saturated carbocycles. The van der Waals surface area contributed by atoms with Crippen molar-refractivity contribution in [1.29, 1.82) is 0 Å². The number of anilines is 1. The second-order valence-electron chi connectivity index (χ2n) is 6.79. The summed E-state index contributed by atoms with van der Waals surface area (Å²) < 4.78 is 1.56. The van der Waals surface area contributed by atoms with Crippen LogP contribution in [0.25, 0.3) is 27.5 Å². The highest BCUT2D eigenvalue weighted by molar-refractivity contribution is 6.34. The third-order valence-electron chi connectivity index (χ3n) is 4.77. The summed E-state index contributed by atoms with van der Waals surface area (Å²) in [4.78, 5) is 33.7. The van der Waals surface area contributed by atoms with Crippen molar-refractivity contribution in [3.63, 3.8) is 0 Å². The van der Waals surface area contributed by atoms with Gasteiger partial charge in [-0.25, -0.2) is 0 Å². The molecule has 3 N–H and O–H groups in total. The molecule has 2 aromatic heterocycles. The highest BCUT2D eigenvalue weighted by Gasteiger charge is 2.13. The molecular weight excluding hydrogens is 426 g/mol. The first-order valence-corrected chi connectivity index (χ1v) is 9.98. The van der Waals surface area contributed by atoms with Crippen LogP contribution in [-0.2, 0) is 4.79 Å². The number of allylic oxidation sites excluding steroid dienone is 1. The minimum absolute atomic E-state index is 0.242. The molecule has 32 heavy (non-hydrogen) atoms. The molecule has 0 unspecified atom stereocenters. The first-order chi connectivity index (χ1) is 15.5. The minimum Gasteiger partial charge on any atom is -0.405 e. The normalized spacial score (nSPS) is 11.5. The van der Waals surface area contributed by atoms with E-state index in [1.165, 1.54) is 12.3 Å². The fourth-order valence-electron chi connectivity index (χ4n) is 3.35. The Balaban J connectivity index is 2.01. The van der Waals surface area contributed by atoms with E-state index in [1.807, 2.05) is 18.2 Å². The lowest BCUT2D eigenvalue weighted by Crippen LogP contribution is -2.18. The van der Waals surface area contributed by atoms with Crippen LogP contribution in [0.3, 0.4) is 0 Å². The van der Waals surface area contributed by atoms with Crippen LogP contribution in [0.5, 0.6) is 0 Å². The molecule has 0 bridgehead atoms. The van der Waals surface area contributed by atoms with Gasteiger partial charge in [0.25, 0.3) is 5.56 Å². The van der Waals surface area contributed by atoms with Crippen molar-refractivity contribution in [2.45, 2.75) is 0 Å². The second kappa shape index (κ2) is 8.87. The predicted molar refractivity (Wildman–Crippen MR) is 130 cm³/mol. The summed E-state index contributed by atoms with van der Waals surface area (Å²) in [6, 6.07) is 13.7. The fraction of sp³-hybridized carbons (Fsp3) is 0. The van der Waals surface area contributed by atoms with E-state index in [4.69, 9.17) is 17.3 Å². The number of benzene rings is 2. The maximum absolute atomic E-state index is 13.0. The topological polar surface area (TPSA) is 102 Å². The lowest BCUT2D eigenvalue weighted by atomic mass is 10.1. The highest BCUT2D eigenvalue weighted by atomic mass is 35.5. The van der Waals surface area contributed by atoms with Gasteiger partial charge in [-0.2, -0.15) is 0 Å². The number of fused-ring (bicyclic) bond motifs is 3. The molecule has 0 aliphatic rings. The second-order valence-corrected chi connectivity index (χ2v) is 7.20. The molecule has 0 spiro atoms. The zero-order chi connectivity index (χ0) is 22.7. The molecule has 0 radical (unpaired) electrons. The van der Waals surface area contributed by atoms with Crippen molar-refractivity contribution in [2.24, 2.45) is 10.7 Å². The van der Waals surface area contributed by atoms with Gasteiger partial charge >= 0.3 is 0 Å². The van der Waals surface area contributed by atoms with E-state index in [2.05, 4.69) is 21.9 Å². The number of hydrogen-bond donors (Lipinski definition) is 2. The Kier molecular flexibility index (Phi) is 5.83. The van der Waals surface area contributed by atoms with Crippen LogP contribution in [0.4, 0.5) is 11.4 Å². The number of carbonyl (C=O) groups is 1. The van der Waals surface area contributed by atoms with Gasteiger partial charge < -0.3 is 11.1 Å².